The third-order valence-corrected chi connectivity index (χ3v) is 5.74. The van der Waals surface area contributed by atoms with E-state index >= 15 is 0 Å². The van der Waals surface area contributed by atoms with Crippen LogP contribution < -0.4 is 14.2 Å². The van der Waals surface area contributed by atoms with E-state index in [4.69, 9.17) is 14.2 Å². The Morgan fingerprint density at radius 3 is 1.84 bits per heavy atom. The summed E-state index contributed by atoms with van der Waals surface area (Å²) in [6, 6.07) is 19.9. The summed E-state index contributed by atoms with van der Waals surface area (Å²) >= 11 is 0. The number of aromatic carboxylic acids is 1. The fourth-order valence-electron chi connectivity index (χ4n) is 3.54. The van der Waals surface area contributed by atoms with Crippen molar-refractivity contribution in [3.05, 3.63) is 83.4 Å². The maximum atomic E-state index is 11.4. The molecule has 6 nitrogen and oxygen atoms in total. The Hall–Kier alpha value is -3.67. The molecule has 0 amide bonds. The molecule has 0 aromatic heterocycles. The van der Waals surface area contributed by atoms with Crippen molar-refractivity contribution in [1.29, 1.82) is 0 Å². The number of carbonyl (C=O) groups is 1. The van der Waals surface area contributed by atoms with Crippen molar-refractivity contribution < 1.29 is 29.2 Å². The lowest BCUT2D eigenvalue weighted by Gasteiger charge is -2.30. The van der Waals surface area contributed by atoms with Crippen LogP contribution in [-0.2, 0) is 5.41 Å². The van der Waals surface area contributed by atoms with E-state index in [1.54, 1.807) is 19.2 Å². The van der Waals surface area contributed by atoms with Crippen LogP contribution in [0.2, 0.25) is 0 Å². The quantitative estimate of drug-likeness (QED) is 0.421. The second-order valence-corrected chi connectivity index (χ2v) is 7.62. The number of benzene rings is 3. The van der Waals surface area contributed by atoms with E-state index in [1.807, 2.05) is 55.5 Å². The van der Waals surface area contributed by atoms with Crippen molar-refractivity contribution in [2.24, 2.45) is 0 Å². The standard InChI is InChI=1S/C26H28O6/c1-4-26(2,19-7-14-24(27)23(17-19)25(28)29)18-5-8-21(9-6-18)31-15-16-32-22-12-10-20(30-3)11-13-22/h5-14,17,27H,4,15-16H2,1-3H3,(H,28,29). The highest BCUT2D eigenvalue weighted by Crippen LogP contribution is 2.37. The van der Waals surface area contributed by atoms with Gasteiger partial charge >= 0.3 is 5.97 Å². The molecule has 0 aliphatic heterocycles. The second-order valence-electron chi connectivity index (χ2n) is 7.62. The van der Waals surface area contributed by atoms with Gasteiger partial charge in [0.05, 0.1) is 7.11 Å². The Morgan fingerprint density at radius 2 is 1.34 bits per heavy atom. The number of carboxylic acid groups (broad SMARTS) is 1. The maximum absolute atomic E-state index is 11.4. The molecule has 0 bridgehead atoms. The molecule has 3 rings (SSSR count). The van der Waals surface area contributed by atoms with Gasteiger partial charge in [0.2, 0.25) is 0 Å². The van der Waals surface area contributed by atoms with Gasteiger partial charge in [-0.15, -0.1) is 0 Å². The molecule has 0 fully saturated rings. The normalized spacial score (nSPS) is 12.6. The number of methoxy groups -OCH3 is 1. The van der Waals surface area contributed by atoms with Crippen molar-refractivity contribution in [3.63, 3.8) is 0 Å². The highest BCUT2D eigenvalue weighted by atomic mass is 16.5. The van der Waals surface area contributed by atoms with Crippen LogP contribution in [0.1, 0.15) is 41.8 Å². The van der Waals surface area contributed by atoms with Gasteiger partial charge in [-0.2, -0.15) is 0 Å². The number of hydrogen-bond donors (Lipinski definition) is 2. The minimum absolute atomic E-state index is 0.0982. The van der Waals surface area contributed by atoms with E-state index in [2.05, 4.69) is 6.92 Å². The molecule has 1 unspecified atom stereocenters. The van der Waals surface area contributed by atoms with Crippen LogP contribution in [0.4, 0.5) is 0 Å². The molecule has 3 aromatic carbocycles. The summed E-state index contributed by atoms with van der Waals surface area (Å²) in [6.45, 7) is 4.92. The van der Waals surface area contributed by atoms with Gasteiger partial charge < -0.3 is 24.4 Å². The van der Waals surface area contributed by atoms with Gasteiger partial charge in [0.1, 0.15) is 41.8 Å². The first-order valence-corrected chi connectivity index (χ1v) is 10.4. The topological polar surface area (TPSA) is 85.2 Å². The molecular weight excluding hydrogens is 408 g/mol. The maximum Gasteiger partial charge on any atom is 0.339 e. The smallest absolute Gasteiger partial charge is 0.339 e. The molecule has 0 aliphatic carbocycles. The molecule has 0 heterocycles. The molecule has 32 heavy (non-hydrogen) atoms. The second kappa shape index (κ2) is 10.1. The van der Waals surface area contributed by atoms with Crippen molar-refractivity contribution in [2.45, 2.75) is 25.7 Å². The van der Waals surface area contributed by atoms with Gasteiger partial charge in [0, 0.05) is 5.41 Å². The Morgan fingerprint density at radius 1 is 0.844 bits per heavy atom. The van der Waals surface area contributed by atoms with Crippen LogP contribution in [-0.4, -0.2) is 36.5 Å². The van der Waals surface area contributed by atoms with Crippen molar-refractivity contribution in [3.8, 4) is 23.0 Å². The minimum Gasteiger partial charge on any atom is -0.507 e. The molecule has 3 aromatic rings. The molecule has 0 spiro atoms. The third kappa shape index (κ3) is 5.14. The average Bonchev–Trinajstić information content (AvgIpc) is 2.82. The Bertz CT molecular complexity index is 1040. The Balaban J connectivity index is 1.64. The molecule has 168 valence electrons. The van der Waals surface area contributed by atoms with Crippen molar-refractivity contribution in [2.75, 3.05) is 20.3 Å². The zero-order valence-corrected chi connectivity index (χ0v) is 18.5. The molecule has 0 saturated heterocycles. The molecule has 1 atom stereocenters. The van der Waals surface area contributed by atoms with Gasteiger partial charge in [-0.25, -0.2) is 4.79 Å². The lowest BCUT2D eigenvalue weighted by atomic mass is 9.74. The number of rotatable bonds is 10. The average molecular weight is 437 g/mol. The number of aromatic hydroxyl groups is 1. The monoisotopic (exact) mass is 436 g/mol. The highest BCUT2D eigenvalue weighted by molar-refractivity contribution is 5.91. The van der Waals surface area contributed by atoms with E-state index in [1.165, 1.54) is 6.07 Å². The van der Waals surface area contributed by atoms with E-state index in [9.17, 15) is 15.0 Å². The van der Waals surface area contributed by atoms with Crippen LogP contribution in [0.15, 0.2) is 66.7 Å². The first kappa shape index (κ1) is 23.0. The van der Waals surface area contributed by atoms with E-state index in [-0.39, 0.29) is 11.3 Å². The number of hydrogen-bond acceptors (Lipinski definition) is 5. The molecule has 2 N–H and O–H groups in total. The van der Waals surface area contributed by atoms with Crippen LogP contribution in [0.5, 0.6) is 23.0 Å². The molecular formula is C26H28O6. The van der Waals surface area contributed by atoms with Crippen LogP contribution in [0, 0.1) is 0 Å². The fraction of sp³-hybridized carbons (Fsp3) is 0.269. The lowest BCUT2D eigenvalue weighted by Crippen LogP contribution is -2.23. The predicted molar refractivity (Wildman–Crippen MR) is 122 cm³/mol. The summed E-state index contributed by atoms with van der Waals surface area (Å²) in [5, 5.41) is 19.2. The van der Waals surface area contributed by atoms with Gasteiger partial charge in [0.15, 0.2) is 0 Å². The lowest BCUT2D eigenvalue weighted by molar-refractivity contribution is 0.0693. The third-order valence-electron chi connectivity index (χ3n) is 5.74. The van der Waals surface area contributed by atoms with E-state index in [0.717, 1.165) is 34.8 Å². The summed E-state index contributed by atoms with van der Waals surface area (Å²) in [6.07, 6.45) is 0.757. The SMILES string of the molecule is CCC(C)(c1ccc(OCCOc2ccc(OC)cc2)cc1)c1ccc(O)c(C(=O)O)c1. The summed E-state index contributed by atoms with van der Waals surface area (Å²) in [7, 11) is 1.62. The molecule has 6 heteroatoms. The Labute approximate surface area is 188 Å². The zero-order valence-electron chi connectivity index (χ0n) is 18.5. The zero-order chi connectivity index (χ0) is 23.1. The first-order chi connectivity index (χ1) is 15.4. The summed E-state index contributed by atoms with van der Waals surface area (Å²) in [4.78, 5) is 11.4. The predicted octanol–water partition coefficient (Wildman–Crippen LogP) is 5.27. The number of phenols is 1. The van der Waals surface area contributed by atoms with E-state index in [0.29, 0.717) is 13.2 Å². The van der Waals surface area contributed by atoms with Gasteiger partial charge in [-0.3, -0.25) is 0 Å². The molecule has 0 saturated carbocycles. The van der Waals surface area contributed by atoms with Gasteiger partial charge in [-0.1, -0.05) is 32.0 Å². The first-order valence-electron chi connectivity index (χ1n) is 10.4. The minimum atomic E-state index is -1.15. The summed E-state index contributed by atoms with van der Waals surface area (Å²) < 4.78 is 16.6. The van der Waals surface area contributed by atoms with Crippen molar-refractivity contribution in [1.82, 2.24) is 0 Å². The summed E-state index contributed by atoms with van der Waals surface area (Å²) in [5.74, 6) is 0.864. The van der Waals surface area contributed by atoms with E-state index < -0.39 is 11.4 Å². The molecule has 0 radical (unpaired) electrons. The molecule has 0 aliphatic rings. The Kier molecular flexibility index (Phi) is 7.25. The largest absolute Gasteiger partial charge is 0.507 e. The van der Waals surface area contributed by atoms with Gasteiger partial charge in [0.25, 0.3) is 0 Å². The fourth-order valence-corrected chi connectivity index (χ4v) is 3.54. The highest BCUT2D eigenvalue weighted by Gasteiger charge is 2.28. The van der Waals surface area contributed by atoms with Gasteiger partial charge in [-0.05, 0) is 66.1 Å². The van der Waals surface area contributed by atoms with Crippen LogP contribution in [0.25, 0.3) is 0 Å². The van der Waals surface area contributed by atoms with Crippen molar-refractivity contribution >= 4 is 5.97 Å². The van der Waals surface area contributed by atoms with Crippen LogP contribution in [0.3, 0.4) is 0 Å². The number of ether oxygens (including phenoxy) is 3. The summed E-state index contributed by atoms with van der Waals surface area (Å²) in [5.41, 5.74) is 1.35. The van der Waals surface area contributed by atoms with Crippen LogP contribution >= 0.6 is 0 Å². The number of carboxylic acids is 1.